The molecular weight excluding hydrogens is 248 g/mol. The van der Waals surface area contributed by atoms with E-state index in [-0.39, 0.29) is 11.0 Å². The predicted molar refractivity (Wildman–Crippen MR) is 58.8 cm³/mol. The second kappa shape index (κ2) is 4.61. The highest BCUT2D eigenvalue weighted by Crippen LogP contribution is 2.23. The summed E-state index contributed by atoms with van der Waals surface area (Å²) < 4.78 is 4.90. The molecule has 0 radical (unpaired) electrons. The Balaban J connectivity index is 2.39. The Labute approximate surface area is 98.8 Å². The van der Waals surface area contributed by atoms with E-state index in [4.69, 9.17) is 4.42 Å². The second-order valence-electron chi connectivity index (χ2n) is 2.74. The number of hydrazine groups is 2. The minimum absolute atomic E-state index is 0.0858. The summed E-state index contributed by atoms with van der Waals surface area (Å²) in [5.74, 6) is -0.0858. The first-order valence-electron chi connectivity index (χ1n) is 4.36. The highest BCUT2D eigenvalue weighted by atomic mass is 32.1. The Bertz CT molecular complexity index is 498. The largest absolute Gasteiger partial charge is 0.443 e. The van der Waals surface area contributed by atoms with Gasteiger partial charge in [-0.05, 0) is 6.07 Å². The van der Waals surface area contributed by atoms with Crippen molar-refractivity contribution in [1.82, 2.24) is 4.98 Å². The van der Waals surface area contributed by atoms with Gasteiger partial charge < -0.3 is 4.42 Å². The highest BCUT2D eigenvalue weighted by molar-refractivity contribution is 7.13. The molecule has 0 aromatic carbocycles. The van der Waals surface area contributed by atoms with E-state index < -0.39 is 5.03 Å². The lowest BCUT2D eigenvalue weighted by Gasteiger charge is -2.18. The number of aromatic nitrogens is 1. The predicted octanol–water partition coefficient (Wildman–Crippen LogP) is 1.31. The number of anilines is 2. The maximum atomic E-state index is 10.9. The molecule has 2 aromatic heterocycles. The van der Waals surface area contributed by atoms with Crippen LogP contribution in [-0.2, 0) is 4.79 Å². The highest BCUT2D eigenvalue weighted by Gasteiger charge is 2.30. The molecule has 0 aliphatic carbocycles. The smallest absolute Gasteiger partial charge is 0.284 e. The van der Waals surface area contributed by atoms with Crippen LogP contribution in [0.3, 0.4) is 0 Å². The average Bonchev–Trinajstić information content (AvgIpc) is 2.97. The van der Waals surface area contributed by atoms with Gasteiger partial charge in [-0.15, -0.1) is 16.3 Å². The van der Waals surface area contributed by atoms with Crippen molar-refractivity contribution in [2.24, 2.45) is 0 Å². The monoisotopic (exact) mass is 254 g/mol. The zero-order valence-electron chi connectivity index (χ0n) is 8.29. The molecule has 1 amide bonds. The summed E-state index contributed by atoms with van der Waals surface area (Å²) in [6.45, 7) is 0. The Morgan fingerprint density at radius 1 is 1.59 bits per heavy atom. The summed E-state index contributed by atoms with van der Waals surface area (Å²) in [6, 6.07) is 2.85. The Morgan fingerprint density at radius 2 is 2.41 bits per heavy atom. The van der Waals surface area contributed by atoms with Gasteiger partial charge in [0.1, 0.15) is 0 Å². The standard InChI is InChI=1S/C8H6N4O4S/c13-6-10(8-9-3-5-17-8)11(12(14)15)7-2-1-4-16-7/h1-6H. The topological polar surface area (TPSA) is 92.7 Å². The van der Waals surface area contributed by atoms with Crippen LogP contribution in [0.5, 0.6) is 0 Å². The van der Waals surface area contributed by atoms with E-state index in [0.717, 1.165) is 16.3 Å². The lowest BCUT2D eigenvalue weighted by molar-refractivity contribution is -0.496. The molecule has 0 spiro atoms. The summed E-state index contributed by atoms with van der Waals surface area (Å²) >= 11 is 1.09. The number of carbonyl (C=O) groups is 1. The van der Waals surface area contributed by atoms with Gasteiger partial charge >= 0.3 is 0 Å². The molecule has 8 nitrogen and oxygen atoms in total. The number of amides is 1. The molecular formula is C8H6N4O4S. The van der Waals surface area contributed by atoms with E-state index in [9.17, 15) is 14.9 Å². The quantitative estimate of drug-likeness (QED) is 0.453. The molecule has 9 heteroatoms. The molecule has 0 fully saturated rings. The van der Waals surface area contributed by atoms with Gasteiger partial charge in [0.2, 0.25) is 11.5 Å². The third-order valence-electron chi connectivity index (χ3n) is 1.78. The third kappa shape index (κ3) is 2.08. The lowest BCUT2D eigenvalue weighted by atomic mass is 10.6. The van der Waals surface area contributed by atoms with Gasteiger partial charge in [-0.1, -0.05) is 0 Å². The molecule has 0 unspecified atom stereocenters. The van der Waals surface area contributed by atoms with Gasteiger partial charge in [-0.2, -0.15) is 0 Å². The van der Waals surface area contributed by atoms with Crippen LogP contribution in [0.1, 0.15) is 0 Å². The van der Waals surface area contributed by atoms with Crippen molar-refractivity contribution in [1.29, 1.82) is 0 Å². The molecule has 0 saturated heterocycles. The van der Waals surface area contributed by atoms with Crippen LogP contribution in [0.25, 0.3) is 0 Å². The van der Waals surface area contributed by atoms with Gasteiger partial charge in [0.05, 0.1) is 11.4 Å². The molecule has 0 N–H and O–H groups in total. The summed E-state index contributed by atoms with van der Waals surface area (Å²) in [6.07, 6.45) is 3.01. The van der Waals surface area contributed by atoms with Crippen molar-refractivity contribution in [3.8, 4) is 0 Å². The Kier molecular flexibility index (Phi) is 3.01. The van der Waals surface area contributed by atoms with Crippen molar-refractivity contribution in [2.45, 2.75) is 0 Å². The summed E-state index contributed by atoms with van der Waals surface area (Å²) in [7, 11) is 0. The normalized spacial score (nSPS) is 9.88. The van der Waals surface area contributed by atoms with Gasteiger partial charge in [0.15, 0.2) is 5.03 Å². The van der Waals surface area contributed by atoms with Crippen LogP contribution in [-0.4, -0.2) is 16.4 Å². The number of furan rings is 1. The van der Waals surface area contributed by atoms with Crippen LogP contribution in [0.2, 0.25) is 0 Å². The molecule has 0 aliphatic heterocycles. The average molecular weight is 254 g/mol. The maximum Gasteiger partial charge on any atom is 0.284 e. The van der Waals surface area contributed by atoms with E-state index in [1.807, 2.05) is 0 Å². The lowest BCUT2D eigenvalue weighted by Crippen LogP contribution is -2.46. The van der Waals surface area contributed by atoms with Crippen LogP contribution in [0.4, 0.5) is 11.0 Å². The Hall–Kier alpha value is -2.42. The van der Waals surface area contributed by atoms with Crippen LogP contribution in [0, 0.1) is 10.1 Å². The SMILES string of the molecule is O=CN(c1nccs1)N(c1ccco1)[N+](=O)[O-]. The number of hydrogen-bond acceptors (Lipinski definition) is 6. The first-order chi connectivity index (χ1) is 8.24. The molecule has 17 heavy (non-hydrogen) atoms. The molecule has 2 rings (SSSR count). The molecule has 88 valence electrons. The first-order valence-corrected chi connectivity index (χ1v) is 5.24. The fraction of sp³-hybridized carbons (Fsp3) is 0. The fourth-order valence-electron chi connectivity index (χ4n) is 1.15. The number of thiazole rings is 1. The van der Waals surface area contributed by atoms with Gasteiger partial charge in [0.25, 0.3) is 5.88 Å². The zero-order valence-corrected chi connectivity index (χ0v) is 9.11. The molecule has 0 bridgehead atoms. The molecule has 0 saturated carbocycles. The van der Waals surface area contributed by atoms with Crippen molar-refractivity contribution >= 4 is 28.8 Å². The van der Waals surface area contributed by atoms with Crippen molar-refractivity contribution in [2.75, 3.05) is 10.1 Å². The molecule has 2 aromatic rings. The van der Waals surface area contributed by atoms with Gasteiger partial charge in [0, 0.05) is 17.6 Å². The summed E-state index contributed by atoms with van der Waals surface area (Å²) in [5.41, 5.74) is 0. The van der Waals surface area contributed by atoms with Crippen molar-refractivity contribution in [3.63, 3.8) is 0 Å². The number of hydrogen-bond donors (Lipinski definition) is 0. The number of rotatable bonds is 5. The minimum Gasteiger partial charge on any atom is -0.443 e. The van der Waals surface area contributed by atoms with Crippen LogP contribution in [0.15, 0.2) is 34.4 Å². The van der Waals surface area contributed by atoms with E-state index in [2.05, 4.69) is 4.98 Å². The van der Waals surface area contributed by atoms with E-state index >= 15 is 0 Å². The van der Waals surface area contributed by atoms with Crippen molar-refractivity contribution in [3.05, 3.63) is 40.1 Å². The first kappa shape index (κ1) is 11.1. The number of nitrogens with zero attached hydrogens (tertiary/aromatic N) is 4. The summed E-state index contributed by atoms with van der Waals surface area (Å²) in [5, 5.41) is 13.2. The second-order valence-corrected chi connectivity index (χ2v) is 3.62. The number of nitro groups is 1. The van der Waals surface area contributed by atoms with E-state index in [1.54, 1.807) is 5.38 Å². The van der Waals surface area contributed by atoms with Crippen LogP contribution < -0.4 is 10.1 Å². The van der Waals surface area contributed by atoms with Gasteiger partial charge in [-0.3, -0.25) is 4.79 Å². The number of carbonyl (C=O) groups excluding carboxylic acids is 1. The van der Waals surface area contributed by atoms with E-state index in [1.165, 1.54) is 24.6 Å². The fourth-order valence-corrected chi connectivity index (χ4v) is 1.74. The zero-order chi connectivity index (χ0) is 12.3. The van der Waals surface area contributed by atoms with Gasteiger partial charge in [-0.25, -0.2) is 15.1 Å². The van der Waals surface area contributed by atoms with Crippen LogP contribution >= 0.6 is 11.3 Å². The maximum absolute atomic E-state index is 10.9. The molecule has 0 aliphatic rings. The summed E-state index contributed by atoms with van der Waals surface area (Å²) in [4.78, 5) is 25.7. The van der Waals surface area contributed by atoms with E-state index in [0.29, 0.717) is 11.5 Å². The Morgan fingerprint density at radius 3 is 2.88 bits per heavy atom. The van der Waals surface area contributed by atoms with Crippen molar-refractivity contribution < 1.29 is 14.2 Å². The molecule has 0 atom stereocenters. The molecule has 2 heterocycles. The minimum atomic E-state index is -0.769. The third-order valence-corrected chi connectivity index (χ3v) is 2.54.